The molecule has 1 heterocycles. The minimum atomic E-state index is -0.894. The third kappa shape index (κ3) is 2.49. The molecule has 112 valence electrons. The minimum Gasteiger partial charge on any atom is -0.409 e. The molecule has 6 nitrogen and oxygen atoms in total. The highest BCUT2D eigenvalue weighted by atomic mass is 16.5. The topological polar surface area (TPSA) is 96.9 Å². The maximum Gasteiger partial charge on any atom is 0.234 e. The van der Waals surface area contributed by atoms with Crippen molar-refractivity contribution in [2.24, 2.45) is 28.1 Å². The average Bonchev–Trinajstić information content (AvgIpc) is 3.37. The molecule has 0 spiro atoms. The molecular weight excluding hydrogens is 258 g/mol. The Balaban J connectivity index is 1.74. The van der Waals surface area contributed by atoms with Gasteiger partial charge in [-0.15, -0.1) is 0 Å². The second-order valence-corrected chi connectivity index (χ2v) is 6.35. The number of nitrogens with one attached hydrogen (secondary N) is 1. The number of nitrogens with zero attached hydrogens (tertiary/aromatic N) is 1. The molecule has 2 saturated carbocycles. The van der Waals surface area contributed by atoms with Crippen molar-refractivity contribution in [3.8, 4) is 0 Å². The molecule has 0 radical (unpaired) electrons. The van der Waals surface area contributed by atoms with Gasteiger partial charge in [0, 0.05) is 19.3 Å². The van der Waals surface area contributed by atoms with Crippen LogP contribution in [-0.2, 0) is 9.53 Å². The zero-order chi connectivity index (χ0) is 14.2. The third-order valence-corrected chi connectivity index (χ3v) is 4.94. The number of oxime groups is 1. The SMILES string of the molecule is NC(=NO)C1(C(=O)NC(C2CC2)C2CC2)CCOCC1. The Kier molecular flexibility index (Phi) is 3.58. The molecule has 0 bridgehead atoms. The van der Waals surface area contributed by atoms with Crippen LogP contribution >= 0.6 is 0 Å². The van der Waals surface area contributed by atoms with Crippen LogP contribution in [0.1, 0.15) is 38.5 Å². The fraction of sp³-hybridized carbons (Fsp3) is 0.857. The molecule has 20 heavy (non-hydrogen) atoms. The molecule has 3 fully saturated rings. The van der Waals surface area contributed by atoms with Gasteiger partial charge in [-0.05, 0) is 50.4 Å². The molecule has 0 aromatic heterocycles. The summed E-state index contributed by atoms with van der Waals surface area (Å²) in [5.74, 6) is 1.20. The predicted octanol–water partition coefficient (Wildman–Crippen LogP) is 0.834. The normalized spacial score (nSPS) is 26.6. The van der Waals surface area contributed by atoms with E-state index < -0.39 is 5.41 Å². The van der Waals surface area contributed by atoms with Crippen molar-refractivity contribution in [3.63, 3.8) is 0 Å². The Labute approximate surface area is 118 Å². The highest BCUT2D eigenvalue weighted by Gasteiger charge is 2.48. The van der Waals surface area contributed by atoms with Gasteiger partial charge in [-0.3, -0.25) is 4.79 Å². The minimum absolute atomic E-state index is 0.0173. The summed E-state index contributed by atoms with van der Waals surface area (Å²) in [6.07, 6.45) is 5.80. The van der Waals surface area contributed by atoms with Gasteiger partial charge in [-0.2, -0.15) is 0 Å². The van der Waals surface area contributed by atoms with Gasteiger partial charge in [0.25, 0.3) is 0 Å². The number of hydrogen-bond acceptors (Lipinski definition) is 4. The van der Waals surface area contributed by atoms with Crippen molar-refractivity contribution in [2.45, 2.75) is 44.6 Å². The fourth-order valence-electron chi connectivity index (χ4n) is 3.24. The number of ether oxygens (including phenoxy) is 1. The molecule has 0 atom stereocenters. The van der Waals surface area contributed by atoms with Gasteiger partial charge in [0.1, 0.15) is 5.41 Å². The van der Waals surface area contributed by atoms with E-state index in [-0.39, 0.29) is 17.8 Å². The smallest absolute Gasteiger partial charge is 0.234 e. The van der Waals surface area contributed by atoms with Crippen LogP contribution in [0.25, 0.3) is 0 Å². The summed E-state index contributed by atoms with van der Waals surface area (Å²) >= 11 is 0. The standard InChI is InChI=1S/C14H23N3O3/c15-12(17-19)14(5-7-20-8-6-14)13(18)16-11(9-1-2-9)10-3-4-10/h9-11,19H,1-8H2,(H2,15,17)(H,16,18). The van der Waals surface area contributed by atoms with E-state index in [1.165, 1.54) is 25.7 Å². The number of amides is 1. The highest BCUT2D eigenvalue weighted by molar-refractivity contribution is 6.07. The second-order valence-electron chi connectivity index (χ2n) is 6.35. The summed E-state index contributed by atoms with van der Waals surface area (Å²) in [5, 5.41) is 15.3. The molecule has 3 rings (SSSR count). The van der Waals surface area contributed by atoms with Crippen LogP contribution in [-0.4, -0.2) is 36.2 Å². The summed E-state index contributed by atoms with van der Waals surface area (Å²) in [6, 6.07) is 0.286. The highest BCUT2D eigenvalue weighted by Crippen LogP contribution is 2.45. The number of nitrogens with two attached hydrogens (primary N) is 1. The molecule has 3 aliphatic rings. The molecule has 0 aromatic carbocycles. The van der Waals surface area contributed by atoms with E-state index in [1.807, 2.05) is 0 Å². The van der Waals surface area contributed by atoms with Crippen LogP contribution in [0.15, 0.2) is 5.16 Å². The van der Waals surface area contributed by atoms with Crippen LogP contribution in [0.5, 0.6) is 0 Å². The van der Waals surface area contributed by atoms with Gasteiger partial charge >= 0.3 is 0 Å². The molecule has 4 N–H and O–H groups in total. The van der Waals surface area contributed by atoms with Crippen LogP contribution in [0, 0.1) is 17.3 Å². The van der Waals surface area contributed by atoms with Gasteiger partial charge < -0.3 is 21.0 Å². The predicted molar refractivity (Wildman–Crippen MR) is 73.3 cm³/mol. The first kappa shape index (κ1) is 13.7. The van der Waals surface area contributed by atoms with Crippen molar-refractivity contribution < 1.29 is 14.7 Å². The zero-order valence-corrected chi connectivity index (χ0v) is 11.7. The van der Waals surface area contributed by atoms with Crippen molar-refractivity contribution >= 4 is 11.7 Å². The number of amidine groups is 1. The van der Waals surface area contributed by atoms with Gasteiger partial charge in [0.15, 0.2) is 5.84 Å². The summed E-state index contributed by atoms with van der Waals surface area (Å²) < 4.78 is 5.32. The number of rotatable bonds is 5. The Bertz CT molecular complexity index is 398. The van der Waals surface area contributed by atoms with Crippen LogP contribution in [0.2, 0.25) is 0 Å². The quantitative estimate of drug-likeness (QED) is 0.301. The number of hydrogen-bond donors (Lipinski definition) is 3. The lowest BCUT2D eigenvalue weighted by Crippen LogP contribution is -2.55. The molecule has 6 heteroatoms. The Hall–Kier alpha value is -1.30. The summed E-state index contributed by atoms with van der Waals surface area (Å²) in [7, 11) is 0. The van der Waals surface area contributed by atoms with E-state index in [2.05, 4.69) is 10.5 Å². The lowest BCUT2D eigenvalue weighted by molar-refractivity contribution is -0.132. The summed E-state index contributed by atoms with van der Waals surface area (Å²) in [4.78, 5) is 12.8. The van der Waals surface area contributed by atoms with Crippen molar-refractivity contribution in [2.75, 3.05) is 13.2 Å². The lowest BCUT2D eigenvalue weighted by atomic mass is 9.77. The van der Waals surface area contributed by atoms with E-state index in [9.17, 15) is 4.79 Å². The second kappa shape index (κ2) is 5.24. The lowest BCUT2D eigenvalue weighted by Gasteiger charge is -2.35. The summed E-state index contributed by atoms with van der Waals surface area (Å²) in [6.45, 7) is 0.947. The largest absolute Gasteiger partial charge is 0.409 e. The Morgan fingerprint density at radius 1 is 1.25 bits per heavy atom. The van der Waals surface area contributed by atoms with Gasteiger partial charge in [-0.25, -0.2) is 0 Å². The summed E-state index contributed by atoms with van der Waals surface area (Å²) in [5.41, 5.74) is 4.93. The number of carbonyl (C=O) groups is 1. The van der Waals surface area contributed by atoms with Crippen LogP contribution in [0.4, 0.5) is 0 Å². The van der Waals surface area contributed by atoms with E-state index in [0.717, 1.165) is 0 Å². The molecule has 2 aliphatic carbocycles. The van der Waals surface area contributed by atoms with Gasteiger partial charge in [-0.1, -0.05) is 5.16 Å². The van der Waals surface area contributed by atoms with E-state index in [0.29, 0.717) is 37.9 Å². The van der Waals surface area contributed by atoms with Gasteiger partial charge in [0.05, 0.1) is 0 Å². The van der Waals surface area contributed by atoms with E-state index in [1.54, 1.807) is 0 Å². The van der Waals surface area contributed by atoms with Crippen molar-refractivity contribution in [1.29, 1.82) is 0 Å². The van der Waals surface area contributed by atoms with Gasteiger partial charge in [0.2, 0.25) is 5.91 Å². The maximum absolute atomic E-state index is 12.8. The van der Waals surface area contributed by atoms with Crippen molar-refractivity contribution in [3.05, 3.63) is 0 Å². The Morgan fingerprint density at radius 2 is 1.80 bits per heavy atom. The maximum atomic E-state index is 12.8. The van der Waals surface area contributed by atoms with E-state index >= 15 is 0 Å². The average molecular weight is 281 g/mol. The zero-order valence-electron chi connectivity index (χ0n) is 11.7. The molecule has 1 aliphatic heterocycles. The molecule has 1 amide bonds. The first-order valence-electron chi connectivity index (χ1n) is 7.54. The van der Waals surface area contributed by atoms with Crippen LogP contribution in [0.3, 0.4) is 0 Å². The molecule has 0 aromatic rings. The molecule has 0 unspecified atom stereocenters. The first-order valence-corrected chi connectivity index (χ1v) is 7.54. The molecule has 1 saturated heterocycles. The first-order chi connectivity index (χ1) is 9.67. The number of carbonyl (C=O) groups excluding carboxylic acids is 1. The molecular formula is C14H23N3O3. The third-order valence-electron chi connectivity index (χ3n) is 4.94. The van der Waals surface area contributed by atoms with Crippen molar-refractivity contribution in [1.82, 2.24) is 5.32 Å². The fourth-order valence-corrected chi connectivity index (χ4v) is 3.24. The van der Waals surface area contributed by atoms with Crippen LogP contribution < -0.4 is 11.1 Å². The van der Waals surface area contributed by atoms with E-state index in [4.69, 9.17) is 15.7 Å². The monoisotopic (exact) mass is 281 g/mol. The Morgan fingerprint density at radius 3 is 2.25 bits per heavy atom.